The largest absolute Gasteiger partial charge is 0.329 e. The molecule has 1 aromatic rings. The lowest BCUT2D eigenvalue weighted by atomic mass is 9.90. The van der Waals surface area contributed by atoms with Gasteiger partial charge in [-0.15, -0.1) is 0 Å². The van der Waals surface area contributed by atoms with Gasteiger partial charge in [-0.05, 0) is 18.9 Å². The molecule has 17 heavy (non-hydrogen) atoms. The summed E-state index contributed by atoms with van der Waals surface area (Å²) in [6.07, 6.45) is 1.03. The summed E-state index contributed by atoms with van der Waals surface area (Å²) in [4.78, 5) is 2.52. The fraction of sp³-hybridized carbons (Fsp3) is 0.571. The van der Waals surface area contributed by atoms with Crippen LogP contribution in [0.25, 0.3) is 0 Å². The fourth-order valence-electron chi connectivity index (χ4n) is 2.55. The zero-order valence-electron chi connectivity index (χ0n) is 10.7. The third-order valence-corrected chi connectivity index (χ3v) is 3.75. The molecule has 1 saturated heterocycles. The minimum Gasteiger partial charge on any atom is -0.329 e. The molecule has 0 amide bonds. The summed E-state index contributed by atoms with van der Waals surface area (Å²) in [5, 5.41) is 3.39. The molecule has 2 rings (SSSR count). The van der Waals surface area contributed by atoms with Crippen molar-refractivity contribution in [3.05, 3.63) is 35.9 Å². The van der Waals surface area contributed by atoms with Crippen molar-refractivity contribution in [2.45, 2.75) is 18.9 Å². The van der Waals surface area contributed by atoms with Gasteiger partial charge in [0.2, 0.25) is 0 Å². The fourth-order valence-corrected chi connectivity index (χ4v) is 2.55. The molecule has 1 atom stereocenters. The highest BCUT2D eigenvalue weighted by molar-refractivity contribution is 5.18. The Morgan fingerprint density at radius 1 is 1.24 bits per heavy atom. The second-order valence-corrected chi connectivity index (χ2v) is 5.10. The highest BCUT2D eigenvalue weighted by atomic mass is 15.2. The molecule has 0 spiro atoms. The summed E-state index contributed by atoms with van der Waals surface area (Å²) in [6, 6.07) is 10.6. The average molecular weight is 233 g/mol. The molecular weight excluding hydrogens is 210 g/mol. The minimum atomic E-state index is 0.0868. The van der Waals surface area contributed by atoms with Crippen molar-refractivity contribution in [1.82, 2.24) is 10.2 Å². The Labute approximate surface area is 104 Å². The van der Waals surface area contributed by atoms with Crippen molar-refractivity contribution in [2.24, 2.45) is 5.73 Å². The van der Waals surface area contributed by atoms with Gasteiger partial charge in [-0.2, -0.15) is 0 Å². The van der Waals surface area contributed by atoms with Crippen LogP contribution < -0.4 is 11.1 Å². The van der Waals surface area contributed by atoms with E-state index < -0.39 is 0 Å². The van der Waals surface area contributed by atoms with E-state index in [1.165, 1.54) is 5.56 Å². The first-order valence-corrected chi connectivity index (χ1v) is 6.44. The van der Waals surface area contributed by atoms with Crippen LogP contribution in [0.4, 0.5) is 0 Å². The summed E-state index contributed by atoms with van der Waals surface area (Å²) in [7, 11) is 0. The monoisotopic (exact) mass is 233 g/mol. The molecule has 1 aliphatic rings. The normalized spacial score (nSPS) is 21.1. The molecule has 3 nitrogen and oxygen atoms in total. The van der Waals surface area contributed by atoms with Crippen LogP contribution in [0, 0.1) is 0 Å². The van der Waals surface area contributed by atoms with Crippen LogP contribution in [0.3, 0.4) is 0 Å². The Balaban J connectivity index is 2.07. The van der Waals surface area contributed by atoms with Crippen molar-refractivity contribution >= 4 is 0 Å². The van der Waals surface area contributed by atoms with E-state index in [1.807, 2.05) is 0 Å². The molecule has 0 radical (unpaired) electrons. The lowest BCUT2D eigenvalue weighted by Crippen LogP contribution is -2.59. The Morgan fingerprint density at radius 2 is 1.88 bits per heavy atom. The van der Waals surface area contributed by atoms with Crippen LogP contribution in [0.2, 0.25) is 0 Å². The molecule has 1 unspecified atom stereocenters. The summed E-state index contributed by atoms with van der Waals surface area (Å²) >= 11 is 0. The lowest BCUT2D eigenvalue weighted by molar-refractivity contribution is 0.0946. The van der Waals surface area contributed by atoms with Crippen LogP contribution in [-0.2, 0) is 6.42 Å². The van der Waals surface area contributed by atoms with Crippen LogP contribution in [-0.4, -0.2) is 43.2 Å². The predicted octanol–water partition coefficient (Wildman–Crippen LogP) is 0.852. The smallest absolute Gasteiger partial charge is 0.0344 e. The summed E-state index contributed by atoms with van der Waals surface area (Å²) in [5.41, 5.74) is 7.48. The average Bonchev–Trinajstić information content (AvgIpc) is 2.41. The van der Waals surface area contributed by atoms with Gasteiger partial charge < -0.3 is 11.1 Å². The molecule has 1 fully saturated rings. The maximum absolute atomic E-state index is 6.02. The topological polar surface area (TPSA) is 41.3 Å². The van der Waals surface area contributed by atoms with Crippen LogP contribution in [0.5, 0.6) is 0 Å². The molecule has 0 aliphatic carbocycles. The SMILES string of the molecule is CC(CN)(Cc1ccccc1)N1CCNCC1. The molecule has 3 heteroatoms. The Morgan fingerprint density at radius 3 is 2.47 bits per heavy atom. The van der Waals surface area contributed by atoms with E-state index in [1.54, 1.807) is 0 Å². The lowest BCUT2D eigenvalue weighted by Gasteiger charge is -2.43. The Hall–Kier alpha value is -0.900. The van der Waals surface area contributed by atoms with E-state index in [0.717, 1.165) is 32.6 Å². The first-order valence-electron chi connectivity index (χ1n) is 6.44. The van der Waals surface area contributed by atoms with Crippen molar-refractivity contribution in [3.63, 3.8) is 0 Å². The van der Waals surface area contributed by atoms with Gasteiger partial charge in [-0.3, -0.25) is 4.90 Å². The molecule has 94 valence electrons. The van der Waals surface area contributed by atoms with E-state index in [0.29, 0.717) is 6.54 Å². The van der Waals surface area contributed by atoms with Crippen molar-refractivity contribution in [3.8, 4) is 0 Å². The minimum absolute atomic E-state index is 0.0868. The van der Waals surface area contributed by atoms with E-state index in [4.69, 9.17) is 5.73 Å². The van der Waals surface area contributed by atoms with Crippen LogP contribution in [0.1, 0.15) is 12.5 Å². The van der Waals surface area contributed by atoms with Crippen molar-refractivity contribution < 1.29 is 0 Å². The van der Waals surface area contributed by atoms with Crippen LogP contribution >= 0.6 is 0 Å². The highest BCUT2D eigenvalue weighted by Gasteiger charge is 2.31. The molecule has 0 aromatic heterocycles. The molecule has 1 aliphatic heterocycles. The Kier molecular flexibility index (Phi) is 4.15. The van der Waals surface area contributed by atoms with Gasteiger partial charge in [0.25, 0.3) is 0 Å². The van der Waals surface area contributed by atoms with E-state index in [-0.39, 0.29) is 5.54 Å². The number of hydrogen-bond donors (Lipinski definition) is 2. The highest BCUT2D eigenvalue weighted by Crippen LogP contribution is 2.20. The zero-order chi connectivity index (χ0) is 12.1. The van der Waals surface area contributed by atoms with Gasteiger partial charge in [0.15, 0.2) is 0 Å². The first kappa shape index (κ1) is 12.6. The summed E-state index contributed by atoms with van der Waals surface area (Å²) in [5.74, 6) is 0. The third kappa shape index (κ3) is 3.06. The van der Waals surface area contributed by atoms with Gasteiger partial charge in [-0.25, -0.2) is 0 Å². The molecule has 0 bridgehead atoms. The summed E-state index contributed by atoms with van der Waals surface area (Å²) in [6.45, 7) is 7.34. The van der Waals surface area contributed by atoms with Gasteiger partial charge in [-0.1, -0.05) is 30.3 Å². The van der Waals surface area contributed by atoms with Crippen molar-refractivity contribution in [1.29, 1.82) is 0 Å². The second kappa shape index (κ2) is 5.63. The second-order valence-electron chi connectivity index (χ2n) is 5.10. The number of hydrogen-bond acceptors (Lipinski definition) is 3. The summed E-state index contributed by atoms with van der Waals surface area (Å²) < 4.78 is 0. The maximum atomic E-state index is 6.02. The Bertz CT molecular complexity index is 333. The van der Waals surface area contributed by atoms with Gasteiger partial charge in [0, 0.05) is 38.3 Å². The molecular formula is C14H23N3. The standard InChI is InChI=1S/C14H23N3/c1-14(12-15,17-9-7-16-8-10-17)11-13-5-3-2-4-6-13/h2-6,16H,7-12,15H2,1H3. The number of rotatable bonds is 4. The number of piperazine rings is 1. The zero-order valence-corrected chi connectivity index (χ0v) is 10.7. The van der Waals surface area contributed by atoms with Crippen LogP contribution in [0.15, 0.2) is 30.3 Å². The number of nitrogens with one attached hydrogen (secondary N) is 1. The van der Waals surface area contributed by atoms with E-state index >= 15 is 0 Å². The predicted molar refractivity (Wildman–Crippen MR) is 72.0 cm³/mol. The number of benzene rings is 1. The number of nitrogens with zero attached hydrogens (tertiary/aromatic N) is 1. The molecule has 1 heterocycles. The molecule has 1 aromatic carbocycles. The quantitative estimate of drug-likeness (QED) is 0.810. The first-order chi connectivity index (χ1) is 8.24. The third-order valence-electron chi connectivity index (χ3n) is 3.75. The number of nitrogens with two attached hydrogens (primary N) is 1. The van der Waals surface area contributed by atoms with E-state index in [9.17, 15) is 0 Å². The maximum Gasteiger partial charge on any atom is 0.0344 e. The van der Waals surface area contributed by atoms with E-state index in [2.05, 4.69) is 47.5 Å². The van der Waals surface area contributed by atoms with Gasteiger partial charge in [0.05, 0.1) is 0 Å². The van der Waals surface area contributed by atoms with Gasteiger partial charge in [0.1, 0.15) is 0 Å². The molecule has 0 saturated carbocycles. The molecule has 3 N–H and O–H groups in total. The van der Waals surface area contributed by atoms with Crippen molar-refractivity contribution in [2.75, 3.05) is 32.7 Å². The van der Waals surface area contributed by atoms with Gasteiger partial charge >= 0.3 is 0 Å².